The van der Waals surface area contributed by atoms with E-state index in [4.69, 9.17) is 4.74 Å². The van der Waals surface area contributed by atoms with Gasteiger partial charge in [-0.25, -0.2) is 18.6 Å². The van der Waals surface area contributed by atoms with Crippen molar-refractivity contribution < 1.29 is 23.1 Å². The normalized spacial score (nSPS) is 13.0. The summed E-state index contributed by atoms with van der Waals surface area (Å²) in [6.07, 6.45) is 0. The van der Waals surface area contributed by atoms with Crippen LogP contribution in [-0.4, -0.2) is 35.5 Å². The maximum atomic E-state index is 13.6. The summed E-state index contributed by atoms with van der Waals surface area (Å²) in [7, 11) is 1.48. The van der Waals surface area contributed by atoms with E-state index in [9.17, 15) is 18.4 Å². The van der Waals surface area contributed by atoms with Gasteiger partial charge in [-0.15, -0.1) is 0 Å². The third-order valence-electron chi connectivity index (χ3n) is 3.85. The summed E-state index contributed by atoms with van der Waals surface area (Å²) in [5, 5.41) is 5.15. The van der Waals surface area contributed by atoms with Crippen LogP contribution in [0.15, 0.2) is 30.3 Å². The molecule has 7 nitrogen and oxygen atoms in total. The summed E-state index contributed by atoms with van der Waals surface area (Å²) in [4.78, 5) is 29.7. The molecule has 1 aliphatic heterocycles. The zero-order valence-corrected chi connectivity index (χ0v) is 13.9. The van der Waals surface area contributed by atoms with Crippen molar-refractivity contribution in [1.82, 2.24) is 15.2 Å². The van der Waals surface area contributed by atoms with Crippen molar-refractivity contribution in [2.45, 2.75) is 13.1 Å². The molecule has 0 saturated heterocycles. The molecule has 9 heteroatoms. The number of carbonyl (C=O) groups is 2. The molecule has 1 aromatic heterocycles. The van der Waals surface area contributed by atoms with Crippen LogP contribution in [0.5, 0.6) is 5.88 Å². The van der Waals surface area contributed by atoms with Crippen molar-refractivity contribution in [2.24, 2.45) is 0 Å². The minimum atomic E-state index is -0.744. The number of halogens is 2. The van der Waals surface area contributed by atoms with Gasteiger partial charge >= 0.3 is 6.03 Å². The molecule has 0 atom stereocenters. The number of amides is 3. The first kappa shape index (κ1) is 17.6. The lowest BCUT2D eigenvalue weighted by Crippen LogP contribution is -2.44. The van der Waals surface area contributed by atoms with Crippen LogP contribution in [0, 0.1) is 11.6 Å². The van der Waals surface area contributed by atoms with Crippen molar-refractivity contribution in [3.05, 3.63) is 53.2 Å². The van der Waals surface area contributed by atoms with Crippen LogP contribution in [0.3, 0.4) is 0 Å². The van der Waals surface area contributed by atoms with E-state index in [0.717, 1.165) is 12.1 Å². The van der Waals surface area contributed by atoms with E-state index in [-0.39, 0.29) is 25.2 Å². The topological polar surface area (TPSA) is 83.6 Å². The number of benzene rings is 1. The summed E-state index contributed by atoms with van der Waals surface area (Å²) in [6.45, 7) is -0.202. The van der Waals surface area contributed by atoms with Gasteiger partial charge in [0.25, 0.3) is 0 Å². The first-order valence-electron chi connectivity index (χ1n) is 7.76. The van der Waals surface area contributed by atoms with E-state index in [2.05, 4.69) is 15.6 Å². The number of anilines is 1. The summed E-state index contributed by atoms with van der Waals surface area (Å²) in [5.41, 5.74) is 1.28. The number of hydrogen-bond donors (Lipinski definition) is 2. The average Bonchev–Trinajstić information content (AvgIpc) is 2.61. The van der Waals surface area contributed by atoms with Crippen LogP contribution >= 0.6 is 0 Å². The second-order valence-corrected chi connectivity index (χ2v) is 5.65. The quantitative estimate of drug-likeness (QED) is 0.853. The molecule has 0 saturated carbocycles. The fraction of sp³-hybridized carbons (Fsp3) is 0.235. The Kier molecular flexibility index (Phi) is 4.97. The van der Waals surface area contributed by atoms with Crippen LogP contribution in [-0.2, 0) is 17.9 Å². The van der Waals surface area contributed by atoms with Gasteiger partial charge in [0.05, 0.1) is 25.0 Å². The number of methoxy groups -OCH3 is 1. The van der Waals surface area contributed by atoms with Crippen molar-refractivity contribution in [2.75, 3.05) is 19.0 Å². The Labute approximate surface area is 148 Å². The molecule has 26 heavy (non-hydrogen) atoms. The van der Waals surface area contributed by atoms with Gasteiger partial charge in [0.15, 0.2) is 0 Å². The first-order valence-corrected chi connectivity index (χ1v) is 7.76. The zero-order chi connectivity index (χ0) is 18.7. The smallest absolute Gasteiger partial charge is 0.322 e. The van der Waals surface area contributed by atoms with E-state index in [0.29, 0.717) is 17.3 Å². The average molecular weight is 362 g/mol. The fourth-order valence-electron chi connectivity index (χ4n) is 2.49. The fourth-order valence-corrected chi connectivity index (χ4v) is 2.49. The number of nitrogens with one attached hydrogen (secondary N) is 2. The Bertz CT molecular complexity index is 860. The van der Waals surface area contributed by atoms with Crippen molar-refractivity contribution in [1.29, 1.82) is 0 Å². The minimum absolute atomic E-state index is 0.108. The molecule has 3 rings (SSSR count). The molecule has 1 aliphatic rings. The first-order chi connectivity index (χ1) is 12.5. The second-order valence-electron chi connectivity index (χ2n) is 5.65. The Balaban J connectivity index is 1.61. The number of pyridine rings is 1. The molecule has 2 N–H and O–H groups in total. The second kappa shape index (κ2) is 7.34. The lowest BCUT2D eigenvalue weighted by atomic mass is 10.2. The van der Waals surface area contributed by atoms with Gasteiger partial charge in [0.1, 0.15) is 18.2 Å². The van der Waals surface area contributed by atoms with Gasteiger partial charge in [0.2, 0.25) is 11.8 Å². The third kappa shape index (κ3) is 3.88. The number of carbonyl (C=O) groups excluding carboxylic acids is 2. The van der Waals surface area contributed by atoms with E-state index >= 15 is 0 Å². The minimum Gasteiger partial charge on any atom is -0.481 e. The predicted molar refractivity (Wildman–Crippen MR) is 88.4 cm³/mol. The van der Waals surface area contributed by atoms with Gasteiger partial charge in [-0.05, 0) is 12.1 Å². The van der Waals surface area contributed by atoms with Gasteiger partial charge in [-0.1, -0.05) is 6.07 Å². The highest BCUT2D eigenvalue weighted by molar-refractivity contribution is 5.94. The highest BCUT2D eigenvalue weighted by atomic mass is 19.1. The van der Waals surface area contributed by atoms with Crippen molar-refractivity contribution in [3.8, 4) is 5.88 Å². The Morgan fingerprint density at radius 3 is 2.88 bits per heavy atom. The summed E-state index contributed by atoms with van der Waals surface area (Å²) < 4.78 is 31.5. The standard InChI is InChI=1S/C17H16F2N4O3/c1-26-16-5-4-13-14(21-16)8-23(17(25)22-13)9-15(24)20-7-10-2-3-11(18)6-12(10)19/h2-6H,7-9H2,1H3,(H,20,24)(H,22,25). The number of urea groups is 1. The molecule has 0 unspecified atom stereocenters. The van der Waals surface area contributed by atoms with Crippen LogP contribution in [0.25, 0.3) is 0 Å². The molecule has 0 radical (unpaired) electrons. The Morgan fingerprint density at radius 1 is 1.35 bits per heavy atom. The molecule has 3 amide bonds. The van der Waals surface area contributed by atoms with Crippen molar-refractivity contribution in [3.63, 3.8) is 0 Å². The predicted octanol–water partition coefficient (Wildman–Crippen LogP) is 2.03. The number of nitrogens with zero attached hydrogens (tertiary/aromatic N) is 2. The third-order valence-corrected chi connectivity index (χ3v) is 3.85. The lowest BCUT2D eigenvalue weighted by molar-refractivity contribution is -0.121. The van der Waals surface area contributed by atoms with E-state index in [1.807, 2.05) is 0 Å². The molecule has 136 valence electrons. The molecule has 0 fully saturated rings. The maximum absolute atomic E-state index is 13.6. The monoisotopic (exact) mass is 362 g/mol. The van der Waals surface area contributed by atoms with Crippen molar-refractivity contribution >= 4 is 17.6 Å². The van der Waals surface area contributed by atoms with E-state index in [1.165, 1.54) is 18.1 Å². The van der Waals surface area contributed by atoms with Crippen LogP contribution in [0.1, 0.15) is 11.3 Å². The molecule has 2 aromatic rings. The SMILES string of the molecule is COc1ccc2c(n1)CN(CC(=O)NCc1ccc(F)cc1F)C(=O)N2. The maximum Gasteiger partial charge on any atom is 0.322 e. The van der Waals surface area contributed by atoms with Crippen LogP contribution in [0.2, 0.25) is 0 Å². The summed E-state index contributed by atoms with van der Waals surface area (Å²) in [6, 6.07) is 5.97. The van der Waals surface area contributed by atoms with Gasteiger partial charge in [0, 0.05) is 24.2 Å². The summed E-state index contributed by atoms with van der Waals surface area (Å²) in [5.74, 6) is -1.51. The molecule has 0 spiro atoms. The zero-order valence-electron chi connectivity index (χ0n) is 13.9. The highest BCUT2D eigenvalue weighted by Gasteiger charge is 2.25. The van der Waals surface area contributed by atoms with E-state index in [1.54, 1.807) is 12.1 Å². The highest BCUT2D eigenvalue weighted by Crippen LogP contribution is 2.23. The number of fused-ring (bicyclic) bond motifs is 1. The molecule has 0 aliphatic carbocycles. The molecule has 1 aromatic carbocycles. The summed E-state index contributed by atoms with van der Waals surface area (Å²) >= 11 is 0. The lowest BCUT2D eigenvalue weighted by Gasteiger charge is -2.28. The number of rotatable bonds is 5. The van der Waals surface area contributed by atoms with Gasteiger partial charge < -0.3 is 20.3 Å². The van der Waals surface area contributed by atoms with Crippen LogP contribution < -0.4 is 15.4 Å². The Hall–Kier alpha value is -3.23. The molecular weight excluding hydrogens is 346 g/mol. The molecule has 0 bridgehead atoms. The van der Waals surface area contributed by atoms with Crippen LogP contribution in [0.4, 0.5) is 19.3 Å². The number of ether oxygens (including phenoxy) is 1. The molecular formula is C17H16F2N4O3. The largest absolute Gasteiger partial charge is 0.481 e. The van der Waals surface area contributed by atoms with Gasteiger partial charge in [-0.3, -0.25) is 4.79 Å². The number of aromatic nitrogens is 1. The Morgan fingerprint density at radius 2 is 2.15 bits per heavy atom. The van der Waals surface area contributed by atoms with E-state index < -0.39 is 23.6 Å². The molecule has 2 heterocycles. The number of hydrogen-bond acceptors (Lipinski definition) is 4. The van der Waals surface area contributed by atoms with Gasteiger partial charge in [-0.2, -0.15) is 0 Å².